The zero-order valence-electron chi connectivity index (χ0n) is 15.4. The molecule has 1 N–H and O–H groups in total. The summed E-state index contributed by atoms with van der Waals surface area (Å²) in [6.45, 7) is 2.46. The molecule has 1 aromatic carbocycles. The number of hydrogen-bond donors (Lipinski definition) is 1. The number of thiazole rings is 1. The van der Waals surface area contributed by atoms with Crippen LogP contribution in [0, 0.1) is 6.92 Å². The van der Waals surface area contributed by atoms with E-state index in [9.17, 15) is 18.0 Å². The predicted molar refractivity (Wildman–Crippen MR) is 102 cm³/mol. The molecule has 28 heavy (non-hydrogen) atoms. The minimum absolute atomic E-state index is 0.0143. The van der Waals surface area contributed by atoms with Crippen molar-refractivity contribution in [2.45, 2.75) is 50.7 Å². The third-order valence-electron chi connectivity index (χ3n) is 4.51. The molecule has 1 fully saturated rings. The molecule has 0 aliphatic heterocycles. The molecule has 152 valence electrons. The Balaban J connectivity index is 1.67. The summed E-state index contributed by atoms with van der Waals surface area (Å²) < 4.78 is 42.0. The highest BCUT2D eigenvalue weighted by Crippen LogP contribution is 2.47. The number of nitrogens with one attached hydrogen (secondary N) is 1. The molecule has 0 bridgehead atoms. The van der Waals surface area contributed by atoms with Gasteiger partial charge in [0.05, 0.1) is 10.5 Å². The summed E-state index contributed by atoms with van der Waals surface area (Å²) in [7, 11) is 0. The Kier molecular flexibility index (Phi) is 5.91. The third-order valence-corrected chi connectivity index (χ3v) is 5.92. The quantitative estimate of drug-likeness (QED) is 0.642. The molecule has 9 heteroatoms. The molecule has 1 amide bonds. The van der Waals surface area contributed by atoms with E-state index in [-0.39, 0.29) is 29.0 Å². The van der Waals surface area contributed by atoms with Crippen molar-refractivity contribution in [2.24, 2.45) is 0 Å². The zero-order valence-corrected chi connectivity index (χ0v) is 17.0. The van der Waals surface area contributed by atoms with E-state index in [1.807, 2.05) is 19.2 Å². The number of benzene rings is 1. The SMILES string of the molecule is Cc1csc(C(C)CC(=O)NC2(c3cc(Cl)cc(OCC(F)(F)F)c3)CC2)n1. The molecule has 1 aromatic heterocycles. The van der Waals surface area contributed by atoms with E-state index >= 15 is 0 Å². The number of halogens is 4. The highest BCUT2D eigenvalue weighted by atomic mass is 35.5. The Morgan fingerprint density at radius 2 is 2.11 bits per heavy atom. The Hall–Kier alpha value is -1.80. The lowest BCUT2D eigenvalue weighted by molar-refractivity contribution is -0.153. The predicted octanol–water partition coefficient (Wildman–Crippen LogP) is 5.35. The van der Waals surface area contributed by atoms with Crippen molar-refractivity contribution >= 4 is 28.8 Å². The van der Waals surface area contributed by atoms with Crippen LogP contribution < -0.4 is 10.1 Å². The van der Waals surface area contributed by atoms with Gasteiger partial charge in [0.15, 0.2) is 6.61 Å². The lowest BCUT2D eigenvalue weighted by Crippen LogP contribution is -2.35. The van der Waals surface area contributed by atoms with E-state index in [1.54, 1.807) is 6.07 Å². The standard InChI is InChI=1S/C19H20ClF3N2O2S/c1-11(17-24-12(2)9-28-17)5-16(26)25-18(3-4-18)13-6-14(20)8-15(7-13)27-10-19(21,22)23/h6-9,11H,3-5,10H2,1-2H3,(H,25,26). The molecule has 1 atom stereocenters. The number of carbonyl (C=O) groups excluding carboxylic acids is 1. The topological polar surface area (TPSA) is 51.2 Å². The van der Waals surface area contributed by atoms with Crippen molar-refractivity contribution in [3.63, 3.8) is 0 Å². The molecule has 3 rings (SSSR count). The highest BCUT2D eigenvalue weighted by molar-refractivity contribution is 7.09. The Morgan fingerprint density at radius 3 is 2.68 bits per heavy atom. The maximum absolute atomic E-state index is 12.5. The molecule has 0 saturated heterocycles. The molecular weight excluding hydrogens is 413 g/mol. The van der Waals surface area contributed by atoms with Crippen molar-refractivity contribution in [3.05, 3.63) is 44.9 Å². The van der Waals surface area contributed by atoms with Crippen LogP contribution in [0.5, 0.6) is 5.75 Å². The Labute approximate surface area is 170 Å². The van der Waals surface area contributed by atoms with Gasteiger partial charge in [0.25, 0.3) is 0 Å². The zero-order chi connectivity index (χ0) is 20.5. The maximum Gasteiger partial charge on any atom is 0.422 e. The van der Waals surface area contributed by atoms with Crippen LogP contribution in [0.4, 0.5) is 13.2 Å². The number of ether oxygens (including phenoxy) is 1. The number of nitrogens with zero attached hydrogens (tertiary/aromatic N) is 1. The first-order chi connectivity index (χ1) is 13.1. The summed E-state index contributed by atoms with van der Waals surface area (Å²) in [5.74, 6) is -0.109. The maximum atomic E-state index is 12.5. The molecule has 0 spiro atoms. The van der Waals surface area contributed by atoms with Crippen LogP contribution in [-0.4, -0.2) is 23.7 Å². The fourth-order valence-electron chi connectivity index (χ4n) is 2.98. The van der Waals surface area contributed by atoms with E-state index < -0.39 is 18.3 Å². The summed E-state index contributed by atoms with van der Waals surface area (Å²) in [4.78, 5) is 17.0. The molecule has 1 aliphatic carbocycles. The van der Waals surface area contributed by atoms with Gasteiger partial charge in [0.2, 0.25) is 5.91 Å². The van der Waals surface area contributed by atoms with Crippen LogP contribution in [0.25, 0.3) is 0 Å². The van der Waals surface area contributed by atoms with Gasteiger partial charge in [-0.2, -0.15) is 13.2 Å². The normalized spacial score (nSPS) is 16.5. The first-order valence-electron chi connectivity index (χ1n) is 8.80. The van der Waals surface area contributed by atoms with Crippen LogP contribution in [0.1, 0.15) is 48.4 Å². The molecule has 1 heterocycles. The second-order valence-corrected chi connectivity index (χ2v) is 8.47. The van der Waals surface area contributed by atoms with Crippen molar-refractivity contribution < 1.29 is 22.7 Å². The van der Waals surface area contributed by atoms with Crippen LogP contribution in [0.15, 0.2) is 23.6 Å². The van der Waals surface area contributed by atoms with E-state index in [1.165, 1.54) is 23.5 Å². The average Bonchev–Trinajstić information content (AvgIpc) is 3.23. The summed E-state index contributed by atoms with van der Waals surface area (Å²) in [6, 6.07) is 4.50. The van der Waals surface area contributed by atoms with Crippen LogP contribution in [0.3, 0.4) is 0 Å². The second-order valence-electron chi connectivity index (χ2n) is 7.14. The largest absolute Gasteiger partial charge is 0.484 e. The first kappa shape index (κ1) is 20.9. The number of aryl methyl sites for hydroxylation is 1. The summed E-state index contributed by atoms with van der Waals surface area (Å²) in [5, 5.41) is 6.14. The lowest BCUT2D eigenvalue weighted by atomic mass is 10.0. The van der Waals surface area contributed by atoms with Crippen molar-refractivity contribution in [2.75, 3.05) is 6.61 Å². The van der Waals surface area contributed by atoms with Crippen LogP contribution >= 0.6 is 22.9 Å². The summed E-state index contributed by atoms with van der Waals surface area (Å²) in [5.41, 5.74) is 0.983. The smallest absolute Gasteiger partial charge is 0.422 e. The van der Waals surface area contributed by atoms with Gasteiger partial charge in [-0.05, 0) is 43.5 Å². The van der Waals surface area contributed by atoms with Crippen LogP contribution in [-0.2, 0) is 10.3 Å². The van der Waals surface area contributed by atoms with Crippen molar-refractivity contribution in [3.8, 4) is 5.75 Å². The Morgan fingerprint density at radius 1 is 1.39 bits per heavy atom. The van der Waals surface area contributed by atoms with E-state index in [4.69, 9.17) is 16.3 Å². The minimum atomic E-state index is -4.43. The Bertz CT molecular complexity index is 865. The van der Waals surface area contributed by atoms with Gasteiger partial charge >= 0.3 is 6.18 Å². The third kappa shape index (κ3) is 5.38. The van der Waals surface area contributed by atoms with Crippen molar-refractivity contribution in [1.29, 1.82) is 0 Å². The summed E-state index contributed by atoms with van der Waals surface area (Å²) in [6.07, 6.45) is -2.75. The van der Waals surface area contributed by atoms with E-state index in [2.05, 4.69) is 10.3 Å². The molecular formula is C19H20ClF3N2O2S. The fourth-order valence-corrected chi connectivity index (χ4v) is 4.06. The van der Waals surface area contributed by atoms with Crippen molar-refractivity contribution in [1.82, 2.24) is 10.3 Å². The van der Waals surface area contributed by atoms with Crippen LogP contribution in [0.2, 0.25) is 5.02 Å². The monoisotopic (exact) mass is 432 g/mol. The number of aromatic nitrogens is 1. The lowest BCUT2D eigenvalue weighted by Gasteiger charge is -2.20. The van der Waals surface area contributed by atoms with E-state index in [0.29, 0.717) is 18.4 Å². The first-order valence-corrected chi connectivity index (χ1v) is 10.1. The number of amides is 1. The molecule has 1 saturated carbocycles. The number of hydrogen-bond acceptors (Lipinski definition) is 4. The number of carbonyl (C=O) groups is 1. The minimum Gasteiger partial charge on any atom is -0.484 e. The van der Waals surface area contributed by atoms with Gasteiger partial charge in [-0.1, -0.05) is 18.5 Å². The van der Waals surface area contributed by atoms with Gasteiger partial charge in [0.1, 0.15) is 5.75 Å². The van der Waals surface area contributed by atoms with Gasteiger partial charge in [-0.25, -0.2) is 4.98 Å². The highest BCUT2D eigenvalue weighted by Gasteiger charge is 2.46. The molecule has 0 radical (unpaired) electrons. The average molecular weight is 433 g/mol. The molecule has 1 aliphatic rings. The summed E-state index contributed by atoms with van der Waals surface area (Å²) >= 11 is 7.58. The van der Waals surface area contributed by atoms with E-state index in [0.717, 1.165) is 10.7 Å². The van der Waals surface area contributed by atoms with Gasteiger partial charge in [0, 0.05) is 28.4 Å². The van der Waals surface area contributed by atoms with Gasteiger partial charge in [-0.15, -0.1) is 11.3 Å². The fraction of sp³-hybridized carbons (Fsp3) is 0.474. The number of rotatable bonds is 7. The second kappa shape index (κ2) is 7.91. The number of alkyl halides is 3. The molecule has 4 nitrogen and oxygen atoms in total. The van der Waals surface area contributed by atoms with Gasteiger partial charge < -0.3 is 10.1 Å². The molecule has 1 unspecified atom stereocenters. The van der Waals surface area contributed by atoms with Gasteiger partial charge in [-0.3, -0.25) is 4.79 Å². The molecule has 2 aromatic rings.